The smallest absolute Gasteiger partial charge is 0.244 e. The summed E-state index contributed by atoms with van der Waals surface area (Å²) in [7, 11) is -3.80. The molecule has 3 aromatic rings. The summed E-state index contributed by atoms with van der Waals surface area (Å²) in [5.41, 5.74) is 3.28. The molecule has 4 rings (SSSR count). The van der Waals surface area contributed by atoms with E-state index in [9.17, 15) is 18.5 Å². The van der Waals surface area contributed by atoms with E-state index in [1.165, 1.54) is 16.4 Å². The quantitative estimate of drug-likeness (QED) is 0.503. The van der Waals surface area contributed by atoms with E-state index < -0.39 is 10.0 Å². The van der Waals surface area contributed by atoms with Crippen molar-refractivity contribution in [3.05, 3.63) is 95.3 Å². The minimum atomic E-state index is -3.80. The number of aromatic nitrogens is 1. The standard InChI is InChI=1S/C27H28N4O3S/c1-21-7-2-3-10-25(21)20-30(19-22-8-6-14-29-18-22)27(32)23-12-15-31(16-13-23)35(33,34)26-11-5-4-9-24(26)17-28/h2-11,14,18,23H,12-13,15-16,19-20H2,1H3. The molecule has 0 N–H and O–H groups in total. The van der Waals surface area contributed by atoms with E-state index in [1.54, 1.807) is 24.5 Å². The van der Waals surface area contributed by atoms with Gasteiger partial charge in [-0.1, -0.05) is 42.5 Å². The van der Waals surface area contributed by atoms with Crippen molar-refractivity contribution in [1.82, 2.24) is 14.2 Å². The van der Waals surface area contributed by atoms with E-state index in [0.29, 0.717) is 25.9 Å². The second kappa shape index (κ2) is 10.8. The molecule has 0 atom stereocenters. The molecule has 0 saturated carbocycles. The van der Waals surface area contributed by atoms with Gasteiger partial charge in [-0.25, -0.2) is 8.42 Å². The van der Waals surface area contributed by atoms with Crippen molar-refractivity contribution in [3.63, 3.8) is 0 Å². The minimum absolute atomic E-state index is 0.0185. The summed E-state index contributed by atoms with van der Waals surface area (Å²) in [5, 5.41) is 9.33. The Morgan fingerprint density at radius 3 is 2.46 bits per heavy atom. The zero-order chi connectivity index (χ0) is 24.8. The van der Waals surface area contributed by atoms with Crippen LogP contribution in [0.4, 0.5) is 0 Å². The Morgan fingerprint density at radius 1 is 1.06 bits per heavy atom. The molecule has 35 heavy (non-hydrogen) atoms. The molecule has 2 heterocycles. The molecule has 1 aliphatic rings. The second-order valence-corrected chi connectivity index (χ2v) is 10.7. The number of nitriles is 1. The number of carbonyl (C=O) groups excluding carboxylic acids is 1. The fourth-order valence-corrected chi connectivity index (χ4v) is 6.05. The summed E-state index contributed by atoms with van der Waals surface area (Å²) < 4.78 is 27.7. The predicted molar refractivity (Wildman–Crippen MR) is 132 cm³/mol. The highest BCUT2D eigenvalue weighted by Crippen LogP contribution is 2.28. The molecule has 0 bridgehead atoms. The van der Waals surface area contributed by atoms with Crippen LogP contribution in [0.15, 0.2) is 78.0 Å². The number of pyridine rings is 1. The van der Waals surface area contributed by atoms with E-state index in [4.69, 9.17) is 0 Å². The van der Waals surface area contributed by atoms with Crippen LogP contribution in [0.1, 0.15) is 35.1 Å². The van der Waals surface area contributed by atoms with Gasteiger partial charge in [0.2, 0.25) is 15.9 Å². The molecular formula is C27H28N4O3S. The van der Waals surface area contributed by atoms with Crippen molar-refractivity contribution in [2.24, 2.45) is 5.92 Å². The molecule has 0 aliphatic carbocycles. The fourth-order valence-electron chi connectivity index (χ4n) is 4.44. The van der Waals surface area contributed by atoms with Gasteiger partial charge >= 0.3 is 0 Å². The molecule has 1 amide bonds. The normalized spacial score (nSPS) is 14.9. The minimum Gasteiger partial charge on any atom is -0.334 e. The number of rotatable bonds is 7. The van der Waals surface area contributed by atoms with Gasteiger partial charge < -0.3 is 4.90 Å². The third kappa shape index (κ3) is 5.59. The average Bonchev–Trinajstić information content (AvgIpc) is 2.89. The van der Waals surface area contributed by atoms with E-state index >= 15 is 0 Å². The number of piperidine rings is 1. The Morgan fingerprint density at radius 2 is 1.77 bits per heavy atom. The molecule has 7 nitrogen and oxygen atoms in total. The van der Waals surface area contributed by atoms with Gasteiger partial charge in [0.25, 0.3) is 0 Å². The zero-order valence-corrected chi connectivity index (χ0v) is 20.5. The van der Waals surface area contributed by atoms with Gasteiger partial charge in [0.15, 0.2) is 0 Å². The first-order chi connectivity index (χ1) is 16.9. The number of hydrogen-bond acceptors (Lipinski definition) is 5. The van der Waals surface area contributed by atoms with Crippen molar-refractivity contribution in [3.8, 4) is 6.07 Å². The first-order valence-corrected chi connectivity index (χ1v) is 13.1. The Labute approximate surface area is 206 Å². The van der Waals surface area contributed by atoms with Gasteiger partial charge in [0, 0.05) is 44.5 Å². The lowest BCUT2D eigenvalue weighted by atomic mass is 9.95. The van der Waals surface area contributed by atoms with Crippen molar-refractivity contribution >= 4 is 15.9 Å². The monoisotopic (exact) mass is 488 g/mol. The molecule has 0 unspecified atom stereocenters. The molecule has 0 spiro atoms. The largest absolute Gasteiger partial charge is 0.334 e. The highest BCUT2D eigenvalue weighted by molar-refractivity contribution is 7.89. The number of sulfonamides is 1. The van der Waals surface area contributed by atoms with Crippen LogP contribution in [0.2, 0.25) is 0 Å². The summed E-state index contributed by atoms with van der Waals surface area (Å²) in [6.07, 6.45) is 4.34. The van der Waals surface area contributed by atoms with Crippen LogP contribution in [-0.4, -0.2) is 41.6 Å². The van der Waals surface area contributed by atoms with E-state index in [1.807, 2.05) is 54.3 Å². The molecule has 180 valence electrons. The lowest BCUT2D eigenvalue weighted by Crippen LogP contribution is -2.44. The van der Waals surface area contributed by atoms with Gasteiger partial charge in [0.05, 0.1) is 10.5 Å². The average molecular weight is 489 g/mol. The van der Waals surface area contributed by atoms with Gasteiger partial charge in [-0.15, -0.1) is 0 Å². The second-order valence-electron chi connectivity index (χ2n) is 8.77. The maximum Gasteiger partial charge on any atom is 0.244 e. The third-order valence-electron chi connectivity index (χ3n) is 6.46. The number of carbonyl (C=O) groups is 1. The van der Waals surface area contributed by atoms with Crippen molar-refractivity contribution in [2.75, 3.05) is 13.1 Å². The first-order valence-electron chi connectivity index (χ1n) is 11.6. The maximum absolute atomic E-state index is 13.6. The third-order valence-corrected chi connectivity index (χ3v) is 8.42. The highest BCUT2D eigenvalue weighted by atomic mass is 32.2. The summed E-state index contributed by atoms with van der Waals surface area (Å²) >= 11 is 0. The first kappa shape index (κ1) is 24.6. The van der Waals surface area contributed by atoms with Crippen molar-refractivity contribution < 1.29 is 13.2 Å². The predicted octanol–water partition coefficient (Wildman–Crippen LogP) is 3.89. The maximum atomic E-state index is 13.6. The van der Waals surface area contributed by atoms with Crippen LogP contribution >= 0.6 is 0 Å². The lowest BCUT2D eigenvalue weighted by molar-refractivity contribution is -0.138. The number of amides is 1. The molecule has 1 saturated heterocycles. The van der Waals surface area contributed by atoms with Crippen LogP contribution in [0, 0.1) is 24.2 Å². The Bertz CT molecular complexity index is 1330. The SMILES string of the molecule is Cc1ccccc1CN(Cc1cccnc1)C(=O)C1CCN(S(=O)(=O)c2ccccc2C#N)CC1. The van der Waals surface area contributed by atoms with E-state index in [-0.39, 0.29) is 35.4 Å². The number of nitrogens with zero attached hydrogens (tertiary/aromatic N) is 4. The van der Waals surface area contributed by atoms with Gasteiger partial charge in [-0.05, 0) is 54.7 Å². The Kier molecular flexibility index (Phi) is 7.59. The number of hydrogen-bond donors (Lipinski definition) is 0. The molecule has 1 fully saturated rings. The van der Waals surface area contributed by atoms with Crippen molar-refractivity contribution in [1.29, 1.82) is 5.26 Å². The summed E-state index contributed by atoms with van der Waals surface area (Å²) in [4.78, 5) is 19.7. The Hall–Kier alpha value is -3.54. The summed E-state index contributed by atoms with van der Waals surface area (Å²) in [5.74, 6) is -0.250. The van der Waals surface area contributed by atoms with Gasteiger partial charge in [0.1, 0.15) is 6.07 Å². The Balaban J connectivity index is 1.50. The molecule has 8 heteroatoms. The van der Waals surface area contributed by atoms with Crippen LogP contribution in [0.25, 0.3) is 0 Å². The van der Waals surface area contributed by atoms with Crippen LogP contribution < -0.4 is 0 Å². The molecule has 0 radical (unpaired) electrons. The van der Waals surface area contributed by atoms with Crippen LogP contribution in [0.5, 0.6) is 0 Å². The zero-order valence-electron chi connectivity index (χ0n) is 19.7. The van der Waals surface area contributed by atoms with Gasteiger partial charge in [-0.2, -0.15) is 9.57 Å². The molecule has 2 aromatic carbocycles. The van der Waals surface area contributed by atoms with Gasteiger partial charge in [-0.3, -0.25) is 9.78 Å². The number of benzene rings is 2. The van der Waals surface area contributed by atoms with Crippen LogP contribution in [0.3, 0.4) is 0 Å². The highest BCUT2D eigenvalue weighted by Gasteiger charge is 2.35. The molecular weight excluding hydrogens is 460 g/mol. The van der Waals surface area contributed by atoms with Crippen LogP contribution in [-0.2, 0) is 27.9 Å². The number of aryl methyl sites for hydroxylation is 1. The molecule has 1 aromatic heterocycles. The summed E-state index contributed by atoms with van der Waals surface area (Å²) in [6, 6.07) is 20.0. The summed E-state index contributed by atoms with van der Waals surface area (Å²) in [6.45, 7) is 3.43. The van der Waals surface area contributed by atoms with Crippen molar-refractivity contribution in [2.45, 2.75) is 37.8 Å². The molecule has 1 aliphatic heterocycles. The van der Waals surface area contributed by atoms with E-state index in [2.05, 4.69) is 4.98 Å². The fraction of sp³-hybridized carbons (Fsp3) is 0.296. The lowest BCUT2D eigenvalue weighted by Gasteiger charge is -2.34. The topological polar surface area (TPSA) is 94.4 Å². The van der Waals surface area contributed by atoms with E-state index in [0.717, 1.165) is 16.7 Å².